The van der Waals surface area contributed by atoms with Crippen LogP contribution in [0.4, 0.5) is 0 Å². The highest BCUT2D eigenvalue weighted by molar-refractivity contribution is 5.93. The van der Waals surface area contributed by atoms with Crippen LogP contribution in [0, 0.1) is 19.8 Å². The fraction of sp³-hybridized carbons (Fsp3) is 0.500. The van der Waals surface area contributed by atoms with Crippen molar-refractivity contribution in [1.29, 1.82) is 0 Å². The summed E-state index contributed by atoms with van der Waals surface area (Å²) >= 11 is 0. The Hall–Kier alpha value is -3.51. The predicted molar refractivity (Wildman–Crippen MR) is 180 cm³/mol. The Morgan fingerprint density at radius 2 is 1.77 bits per heavy atom. The van der Waals surface area contributed by atoms with E-state index in [4.69, 9.17) is 4.98 Å². The van der Waals surface area contributed by atoms with Crippen molar-refractivity contribution < 1.29 is 4.79 Å². The number of fused-ring (bicyclic) bond motifs is 4. The van der Waals surface area contributed by atoms with E-state index in [0.29, 0.717) is 12.0 Å². The molecule has 232 valence electrons. The van der Waals surface area contributed by atoms with Gasteiger partial charge in [-0.15, -0.1) is 0 Å². The van der Waals surface area contributed by atoms with Gasteiger partial charge in [-0.05, 0) is 144 Å². The maximum atomic E-state index is 14.1. The lowest BCUT2D eigenvalue weighted by Crippen LogP contribution is -2.55. The van der Waals surface area contributed by atoms with Gasteiger partial charge in [0.05, 0.1) is 11.1 Å². The number of carbonyl (C=O) groups is 1. The molecule has 1 atom stereocenters. The molecule has 2 N–H and O–H groups in total. The maximum absolute atomic E-state index is 14.1. The summed E-state index contributed by atoms with van der Waals surface area (Å²) in [6, 6.07) is 13.6. The summed E-state index contributed by atoms with van der Waals surface area (Å²) in [5.74, 6) is 1.18. The van der Waals surface area contributed by atoms with Gasteiger partial charge in [0.2, 0.25) is 5.91 Å². The molecule has 3 aliphatic rings. The first-order chi connectivity index (χ1) is 21.2. The number of nitrogens with zero attached hydrogens (tertiary/aromatic N) is 3. The number of piperidine rings is 2. The molecule has 3 aromatic heterocycles. The second kappa shape index (κ2) is 12.8. The zero-order valence-electron chi connectivity index (χ0n) is 27.2. The third-order valence-electron chi connectivity index (χ3n) is 10.2. The van der Waals surface area contributed by atoms with Crippen molar-refractivity contribution in [3.63, 3.8) is 0 Å². The molecule has 0 spiro atoms. The number of rotatable bonds is 11. The number of carbonyl (C=O) groups excluding carboxylic acids is 1. The number of amides is 1. The first-order valence-corrected chi connectivity index (χ1v) is 16.7. The van der Waals surface area contributed by atoms with Crippen LogP contribution in [-0.4, -0.2) is 51.4 Å². The molecule has 2 aliphatic heterocycles. The van der Waals surface area contributed by atoms with Gasteiger partial charge in [-0.1, -0.05) is 24.1 Å². The highest BCUT2D eigenvalue weighted by atomic mass is 16.2. The molecule has 4 aromatic rings. The smallest absolute Gasteiger partial charge is 0.232 e. The van der Waals surface area contributed by atoms with Crippen molar-refractivity contribution in [1.82, 2.24) is 25.2 Å². The van der Waals surface area contributed by atoms with E-state index < -0.39 is 5.41 Å². The van der Waals surface area contributed by atoms with Crippen LogP contribution < -0.4 is 5.32 Å². The molecular weight excluding hydrogens is 542 g/mol. The molecule has 2 bridgehead atoms. The molecule has 2 saturated heterocycles. The number of benzene rings is 1. The summed E-state index contributed by atoms with van der Waals surface area (Å²) in [5.41, 5.74) is 8.72. The maximum Gasteiger partial charge on any atom is 0.232 e. The Kier molecular flexibility index (Phi) is 8.91. The number of hydrogen-bond acceptors (Lipinski definition) is 4. The summed E-state index contributed by atoms with van der Waals surface area (Å²) in [6.07, 6.45) is 13.9. The first kappa shape index (κ1) is 30.5. The lowest BCUT2D eigenvalue weighted by Gasteiger charge is -2.47. The number of H-pyrrole nitrogens is 1. The zero-order chi connectivity index (χ0) is 30.8. The molecule has 6 nitrogen and oxygen atoms in total. The summed E-state index contributed by atoms with van der Waals surface area (Å²) in [4.78, 5) is 29.0. The number of nitrogens with one attached hydrogen (secondary N) is 2. The minimum Gasteiger partial charge on any atom is -0.339 e. The molecule has 1 unspecified atom stereocenters. The third kappa shape index (κ3) is 6.32. The summed E-state index contributed by atoms with van der Waals surface area (Å²) in [7, 11) is 0. The van der Waals surface area contributed by atoms with Crippen LogP contribution >= 0.6 is 0 Å². The second-order valence-electron chi connectivity index (χ2n) is 14.1. The van der Waals surface area contributed by atoms with Crippen LogP contribution in [0.1, 0.15) is 93.0 Å². The summed E-state index contributed by atoms with van der Waals surface area (Å²) in [6.45, 7) is 13.6. The topological polar surface area (TPSA) is 73.9 Å². The van der Waals surface area contributed by atoms with Gasteiger partial charge in [0.1, 0.15) is 5.65 Å². The summed E-state index contributed by atoms with van der Waals surface area (Å²) in [5, 5.41) is 4.87. The largest absolute Gasteiger partial charge is 0.339 e. The fourth-order valence-electron chi connectivity index (χ4n) is 7.64. The van der Waals surface area contributed by atoms with Gasteiger partial charge < -0.3 is 15.2 Å². The van der Waals surface area contributed by atoms with E-state index in [1.54, 1.807) is 0 Å². The van der Waals surface area contributed by atoms with Crippen molar-refractivity contribution in [2.24, 2.45) is 5.92 Å². The van der Waals surface area contributed by atoms with E-state index >= 15 is 0 Å². The van der Waals surface area contributed by atoms with Crippen molar-refractivity contribution in [3.8, 4) is 11.3 Å². The van der Waals surface area contributed by atoms with Crippen LogP contribution in [0.25, 0.3) is 22.3 Å². The molecular formula is C38H49N5O. The Labute approximate surface area is 263 Å². The Bertz CT molecular complexity index is 1580. The number of aromatic amines is 1. The molecule has 3 fully saturated rings. The van der Waals surface area contributed by atoms with Gasteiger partial charge in [0.15, 0.2) is 0 Å². The monoisotopic (exact) mass is 591 g/mol. The molecule has 6 heteroatoms. The Morgan fingerprint density at radius 1 is 1.05 bits per heavy atom. The first-order valence-electron chi connectivity index (χ1n) is 16.7. The van der Waals surface area contributed by atoms with E-state index in [-0.39, 0.29) is 11.8 Å². The number of aromatic nitrogens is 3. The number of aryl methyl sites for hydroxylation is 3. The molecule has 7 rings (SSSR count). The van der Waals surface area contributed by atoms with Crippen LogP contribution in [0.5, 0.6) is 0 Å². The number of hydrogen-bond donors (Lipinski definition) is 2. The SMILES string of the molecule is Cc1cc(C)cc(-c2[nH]c3ncc(C(C)(C)C(=O)N4CC5CCC4CC5)cc3c2C(C)CNCCCCc2ccncc2)c1. The van der Waals surface area contributed by atoms with Crippen molar-refractivity contribution >= 4 is 16.9 Å². The van der Waals surface area contributed by atoms with E-state index in [2.05, 4.69) is 91.2 Å². The Balaban J connectivity index is 1.26. The van der Waals surface area contributed by atoms with Gasteiger partial charge in [0.25, 0.3) is 0 Å². The van der Waals surface area contributed by atoms with Gasteiger partial charge in [0, 0.05) is 43.1 Å². The fourth-order valence-corrected chi connectivity index (χ4v) is 7.64. The van der Waals surface area contributed by atoms with E-state index in [1.807, 2.05) is 18.6 Å². The molecule has 0 radical (unpaired) electrons. The molecule has 5 heterocycles. The van der Waals surface area contributed by atoms with Crippen LogP contribution in [-0.2, 0) is 16.6 Å². The van der Waals surface area contributed by atoms with E-state index in [0.717, 1.165) is 74.0 Å². The van der Waals surface area contributed by atoms with E-state index in [1.165, 1.54) is 40.7 Å². The summed E-state index contributed by atoms with van der Waals surface area (Å²) < 4.78 is 0. The predicted octanol–water partition coefficient (Wildman–Crippen LogP) is 7.64. The van der Waals surface area contributed by atoms with Gasteiger partial charge in [-0.3, -0.25) is 9.78 Å². The van der Waals surface area contributed by atoms with Crippen LogP contribution in [0.3, 0.4) is 0 Å². The van der Waals surface area contributed by atoms with Crippen molar-refractivity contribution in [2.45, 2.75) is 96.9 Å². The number of pyridine rings is 2. The second-order valence-corrected chi connectivity index (χ2v) is 14.1. The van der Waals surface area contributed by atoms with E-state index in [9.17, 15) is 4.79 Å². The van der Waals surface area contributed by atoms with Gasteiger partial charge in [-0.2, -0.15) is 0 Å². The molecule has 1 aromatic carbocycles. The van der Waals surface area contributed by atoms with Crippen LogP contribution in [0.15, 0.2) is 55.0 Å². The van der Waals surface area contributed by atoms with Gasteiger partial charge in [-0.25, -0.2) is 4.98 Å². The number of unbranched alkanes of at least 4 members (excludes halogenated alkanes) is 1. The normalized spacial score (nSPS) is 19.1. The standard InChI is InChI=1S/C38H49N5O/c1-25-18-26(2)20-30(19-25)35-34(27(3)22-40-15-7-6-8-28-13-16-39-17-14-28)33-21-31(23-41-36(33)42-35)38(4,5)37(44)43-24-29-9-11-32(43)12-10-29/h13-14,16-21,23,27,29,32,40H,6-12,15,22,24H2,1-5H3,(H,41,42). The zero-order valence-corrected chi connectivity index (χ0v) is 27.2. The molecule has 1 aliphatic carbocycles. The van der Waals surface area contributed by atoms with Gasteiger partial charge >= 0.3 is 0 Å². The highest BCUT2D eigenvalue weighted by Crippen LogP contribution is 2.40. The molecule has 1 amide bonds. The molecule has 44 heavy (non-hydrogen) atoms. The lowest BCUT2D eigenvalue weighted by molar-refractivity contribution is -0.144. The Morgan fingerprint density at radius 3 is 2.45 bits per heavy atom. The van der Waals surface area contributed by atoms with Crippen molar-refractivity contribution in [2.75, 3.05) is 19.6 Å². The average Bonchev–Trinajstić information content (AvgIpc) is 3.42. The van der Waals surface area contributed by atoms with Crippen LogP contribution in [0.2, 0.25) is 0 Å². The average molecular weight is 592 g/mol. The minimum absolute atomic E-state index is 0.251. The minimum atomic E-state index is -0.635. The van der Waals surface area contributed by atoms with Crippen molar-refractivity contribution in [3.05, 3.63) is 82.8 Å². The highest BCUT2D eigenvalue weighted by Gasteiger charge is 2.42. The lowest BCUT2D eigenvalue weighted by atomic mass is 9.76. The molecule has 1 saturated carbocycles. The third-order valence-corrected chi connectivity index (χ3v) is 10.2. The quantitative estimate of drug-likeness (QED) is 0.176.